The third-order valence-corrected chi connectivity index (χ3v) is 14.1. The number of allylic oxidation sites excluding steroid dienone is 15. The summed E-state index contributed by atoms with van der Waals surface area (Å²) in [5.41, 5.74) is 0. The average Bonchev–Trinajstić information content (AvgIpc) is 3.41. The van der Waals surface area contributed by atoms with Crippen LogP contribution in [0.4, 0.5) is 0 Å². The van der Waals surface area contributed by atoms with Crippen LogP contribution >= 0.6 is 0 Å². The lowest BCUT2D eigenvalue weighted by Gasteiger charge is -2.40. The van der Waals surface area contributed by atoms with Gasteiger partial charge in [-0.3, -0.25) is 4.79 Å². The first-order valence-electron chi connectivity index (χ1n) is 31.0. The van der Waals surface area contributed by atoms with Crippen molar-refractivity contribution in [2.24, 2.45) is 0 Å². The van der Waals surface area contributed by atoms with E-state index in [1.807, 2.05) is 6.08 Å². The number of aliphatic hydroxyl groups is 5. The molecule has 0 aliphatic carbocycles. The molecule has 1 aliphatic heterocycles. The quantitative estimate of drug-likeness (QED) is 0.0261. The number of nitrogens with one attached hydrogen (secondary N) is 1. The van der Waals surface area contributed by atoms with Crippen LogP contribution in [0.1, 0.15) is 258 Å². The van der Waals surface area contributed by atoms with Crippen LogP contribution < -0.4 is 5.32 Å². The Balaban J connectivity index is 2.03. The van der Waals surface area contributed by atoms with Crippen molar-refractivity contribution in [1.29, 1.82) is 0 Å². The molecule has 0 aromatic heterocycles. The summed E-state index contributed by atoms with van der Waals surface area (Å²) < 4.78 is 11.2. The van der Waals surface area contributed by atoms with Crippen molar-refractivity contribution in [3.8, 4) is 0 Å². The third-order valence-electron chi connectivity index (χ3n) is 14.1. The van der Waals surface area contributed by atoms with Crippen LogP contribution in [-0.4, -0.2) is 87.5 Å². The number of aliphatic hydroxyl groups excluding tert-OH is 5. The number of rotatable bonds is 52. The van der Waals surface area contributed by atoms with Gasteiger partial charge in [-0.15, -0.1) is 0 Å². The van der Waals surface area contributed by atoms with Crippen molar-refractivity contribution >= 4 is 5.91 Å². The molecule has 1 amide bonds. The summed E-state index contributed by atoms with van der Waals surface area (Å²) in [5.74, 6) is -0.188. The van der Waals surface area contributed by atoms with E-state index in [1.165, 1.54) is 161 Å². The zero-order valence-corrected chi connectivity index (χ0v) is 48.0. The summed E-state index contributed by atoms with van der Waals surface area (Å²) in [5, 5.41) is 54.3. The van der Waals surface area contributed by atoms with E-state index >= 15 is 0 Å². The molecule has 0 bridgehead atoms. The van der Waals surface area contributed by atoms with Crippen molar-refractivity contribution < 1.29 is 39.8 Å². The van der Waals surface area contributed by atoms with Gasteiger partial charge in [-0.2, -0.15) is 0 Å². The van der Waals surface area contributed by atoms with E-state index in [0.717, 1.165) is 77.0 Å². The number of carbonyl (C=O) groups is 1. The molecule has 1 fully saturated rings. The molecule has 7 atom stereocenters. The lowest BCUT2D eigenvalue weighted by atomic mass is 9.99. The van der Waals surface area contributed by atoms with Crippen molar-refractivity contribution in [3.63, 3.8) is 0 Å². The fourth-order valence-corrected chi connectivity index (χ4v) is 9.29. The van der Waals surface area contributed by atoms with Crippen LogP contribution in [0.25, 0.3) is 0 Å². The monoisotopic (exact) mass is 1050 g/mol. The van der Waals surface area contributed by atoms with Crippen LogP contribution in [0, 0.1) is 0 Å². The Hall–Kier alpha value is -2.89. The molecule has 0 radical (unpaired) electrons. The maximum absolute atomic E-state index is 13.0. The third kappa shape index (κ3) is 43.7. The zero-order valence-electron chi connectivity index (χ0n) is 48.0. The van der Waals surface area contributed by atoms with E-state index < -0.39 is 49.5 Å². The molecule has 1 saturated heterocycles. The van der Waals surface area contributed by atoms with Gasteiger partial charge in [-0.05, 0) is 83.5 Å². The number of hydrogen-bond acceptors (Lipinski definition) is 8. The Morgan fingerprint density at radius 3 is 1.28 bits per heavy atom. The minimum absolute atomic E-state index is 0.188. The van der Waals surface area contributed by atoms with Gasteiger partial charge in [-0.25, -0.2) is 0 Å². The first-order valence-corrected chi connectivity index (χ1v) is 31.0. The summed E-state index contributed by atoms with van der Waals surface area (Å²) in [4.78, 5) is 13.0. The molecule has 75 heavy (non-hydrogen) atoms. The van der Waals surface area contributed by atoms with E-state index in [1.54, 1.807) is 6.08 Å². The SMILES string of the molecule is CC/C=C\C/C=C\C/C=C\C/C=C\C/C=C\C/C=C\CCCCCCCCCCCCCCCCCCCCCCCCC(=O)NC(COC1OC(CO)C(O)C(O)C1O)C(O)/C=C/CC/C=C/CCCCCCC. The van der Waals surface area contributed by atoms with Crippen molar-refractivity contribution in [3.05, 3.63) is 97.2 Å². The van der Waals surface area contributed by atoms with Gasteiger partial charge in [0.2, 0.25) is 5.91 Å². The smallest absolute Gasteiger partial charge is 0.220 e. The Labute approximate surface area is 460 Å². The topological polar surface area (TPSA) is 149 Å². The van der Waals surface area contributed by atoms with Gasteiger partial charge in [-0.1, -0.05) is 265 Å². The molecule has 1 heterocycles. The molecule has 9 nitrogen and oxygen atoms in total. The van der Waals surface area contributed by atoms with E-state index in [4.69, 9.17) is 9.47 Å². The second-order valence-electron chi connectivity index (χ2n) is 21.1. The highest BCUT2D eigenvalue weighted by molar-refractivity contribution is 5.76. The molecular weight excluding hydrogens is 935 g/mol. The first-order chi connectivity index (χ1) is 36.8. The Kier molecular flexibility index (Phi) is 50.9. The summed E-state index contributed by atoms with van der Waals surface area (Å²) in [6, 6.07) is -0.822. The Morgan fingerprint density at radius 1 is 0.467 bits per heavy atom. The second kappa shape index (κ2) is 54.5. The predicted molar refractivity (Wildman–Crippen MR) is 318 cm³/mol. The number of ether oxygens (including phenoxy) is 2. The van der Waals surface area contributed by atoms with Gasteiger partial charge in [0.1, 0.15) is 24.4 Å². The highest BCUT2D eigenvalue weighted by atomic mass is 16.7. The molecular formula is C66H115NO8. The maximum atomic E-state index is 13.0. The van der Waals surface area contributed by atoms with Gasteiger partial charge in [0.05, 0.1) is 25.4 Å². The molecule has 0 saturated carbocycles. The second-order valence-corrected chi connectivity index (χ2v) is 21.1. The normalized spacial score (nSPS) is 19.6. The fourth-order valence-electron chi connectivity index (χ4n) is 9.29. The highest BCUT2D eigenvalue weighted by Gasteiger charge is 2.44. The van der Waals surface area contributed by atoms with E-state index in [0.29, 0.717) is 6.42 Å². The van der Waals surface area contributed by atoms with Crippen molar-refractivity contribution in [2.45, 2.75) is 301 Å². The Bertz CT molecular complexity index is 1500. The molecule has 432 valence electrons. The molecule has 9 heteroatoms. The summed E-state index contributed by atoms with van der Waals surface area (Å²) in [6.45, 7) is 3.62. The maximum Gasteiger partial charge on any atom is 0.220 e. The first kappa shape index (κ1) is 70.1. The summed E-state index contributed by atoms with van der Waals surface area (Å²) in [7, 11) is 0. The lowest BCUT2D eigenvalue weighted by Crippen LogP contribution is -2.60. The summed E-state index contributed by atoms with van der Waals surface area (Å²) in [6.07, 6.45) is 72.3. The molecule has 1 aliphatic rings. The largest absolute Gasteiger partial charge is 0.394 e. The molecule has 0 aromatic carbocycles. The van der Waals surface area contributed by atoms with E-state index in [2.05, 4.69) is 104 Å². The summed E-state index contributed by atoms with van der Waals surface area (Å²) >= 11 is 0. The van der Waals surface area contributed by atoms with Crippen LogP contribution in [0.2, 0.25) is 0 Å². The predicted octanol–water partition coefficient (Wildman–Crippen LogP) is 16.0. The number of amides is 1. The number of unbranched alkanes of at least 4 members (excludes halogenated alkanes) is 28. The molecule has 0 aromatic rings. The minimum Gasteiger partial charge on any atom is -0.394 e. The number of carbonyl (C=O) groups excluding carboxylic acids is 1. The minimum atomic E-state index is -1.57. The Morgan fingerprint density at radius 2 is 0.840 bits per heavy atom. The van der Waals surface area contributed by atoms with Crippen LogP contribution in [-0.2, 0) is 14.3 Å². The van der Waals surface area contributed by atoms with Gasteiger partial charge < -0.3 is 40.3 Å². The van der Waals surface area contributed by atoms with Crippen molar-refractivity contribution in [1.82, 2.24) is 5.32 Å². The van der Waals surface area contributed by atoms with Crippen LogP contribution in [0.3, 0.4) is 0 Å². The van der Waals surface area contributed by atoms with Crippen molar-refractivity contribution in [2.75, 3.05) is 13.2 Å². The van der Waals surface area contributed by atoms with Crippen LogP contribution in [0.5, 0.6) is 0 Å². The highest BCUT2D eigenvalue weighted by Crippen LogP contribution is 2.23. The van der Waals surface area contributed by atoms with Gasteiger partial charge in [0.15, 0.2) is 6.29 Å². The van der Waals surface area contributed by atoms with E-state index in [-0.39, 0.29) is 12.5 Å². The number of hydrogen-bond donors (Lipinski definition) is 6. The molecule has 6 N–H and O–H groups in total. The molecule has 7 unspecified atom stereocenters. The van der Waals surface area contributed by atoms with Gasteiger partial charge >= 0.3 is 0 Å². The van der Waals surface area contributed by atoms with E-state index in [9.17, 15) is 30.3 Å². The average molecular weight is 1050 g/mol. The molecule has 1 rings (SSSR count). The standard InChI is InChI=1S/C66H115NO8/c1-3-5-7-9-11-13-15-16-17-18-19-20-21-22-23-24-25-26-27-28-29-30-31-32-33-34-35-36-37-38-39-40-41-42-43-44-46-48-50-52-54-56-62(70)67-59(58-74-66-65(73)64(72)63(71)61(57-68)75-66)60(69)55-53-51-49-47-45-14-12-10-8-6-4-2/h5,7,11,13,16-17,19-20,22-23,25-26,45,47,53,55,59-61,63-66,68-69,71-73H,3-4,6,8-10,12,14-15,18,21,24,27-44,46,48-52,54,56-58H2,1-2H3,(H,67,70)/b7-5-,13-11-,17-16-,20-19-,23-22-,26-25-,47-45+,55-53+. The van der Waals surface area contributed by atoms with Gasteiger partial charge in [0.25, 0.3) is 0 Å². The lowest BCUT2D eigenvalue weighted by molar-refractivity contribution is -0.302. The molecule has 0 spiro atoms. The van der Waals surface area contributed by atoms with Crippen LogP contribution in [0.15, 0.2) is 97.2 Å². The fraction of sp³-hybridized carbons (Fsp3) is 0.742. The van der Waals surface area contributed by atoms with Gasteiger partial charge in [0, 0.05) is 6.42 Å². The zero-order chi connectivity index (χ0) is 54.3.